The number of rotatable bonds is 7. The molecule has 0 saturated heterocycles. The van der Waals surface area contributed by atoms with E-state index in [9.17, 15) is 24.6 Å². The summed E-state index contributed by atoms with van der Waals surface area (Å²) < 4.78 is 1.33. The summed E-state index contributed by atoms with van der Waals surface area (Å²) >= 11 is 12.4. The number of carboxylic acid groups (broad SMARTS) is 1. The van der Waals surface area contributed by atoms with E-state index in [2.05, 4.69) is 10.6 Å². The number of carbonyl (C=O) groups is 2. The van der Waals surface area contributed by atoms with Gasteiger partial charge in [-0.3, -0.25) is 9.59 Å². The molecule has 3 atom stereocenters. The van der Waals surface area contributed by atoms with E-state index in [0.717, 1.165) is 0 Å². The van der Waals surface area contributed by atoms with Crippen LogP contribution >= 0.6 is 23.2 Å². The lowest BCUT2D eigenvalue weighted by molar-refractivity contribution is -0.137. The third-order valence-corrected chi connectivity index (χ3v) is 6.72. The Kier molecular flexibility index (Phi) is 8.02. The van der Waals surface area contributed by atoms with Gasteiger partial charge in [0.05, 0.1) is 17.8 Å². The number of alkyl halides is 2. The number of carboxylic acids is 1. The Balaban J connectivity index is 1.93. The van der Waals surface area contributed by atoms with Crippen LogP contribution in [-0.2, 0) is 11.3 Å². The maximum absolute atomic E-state index is 12.8. The van der Waals surface area contributed by atoms with Gasteiger partial charge in [-0.25, -0.2) is 4.79 Å². The van der Waals surface area contributed by atoms with Crippen LogP contribution in [0.15, 0.2) is 47.4 Å². The molecule has 2 amide bonds. The number of pyridine rings is 1. The quantitative estimate of drug-likeness (QED) is 0.179. The molecule has 0 radical (unpaired) electrons. The smallest absolute Gasteiger partial charge is 0.319 e. The van der Waals surface area contributed by atoms with Crippen molar-refractivity contribution in [2.45, 2.75) is 43.2 Å². The van der Waals surface area contributed by atoms with Crippen molar-refractivity contribution in [2.75, 3.05) is 11.1 Å². The zero-order chi connectivity index (χ0) is 26.8. The third-order valence-electron chi connectivity index (χ3n) is 5.76. The lowest BCUT2D eigenvalue weighted by Crippen LogP contribution is -2.40. The standard InChI is InChI=1S/C24H27Cl2N5O5/c1-3-31-11-12(2)21(34)20(22(31)35)30-23(36)29-17(10-19(32)33)15-8-13(4-5-16(15)27)14-6-7-24(26,28)18(25)9-14/h4-9,11,17-18,34H,3,10,27-28H2,1-2H3,(H,32,33)(H2,29,30,36). The fourth-order valence-corrected chi connectivity index (χ4v) is 4.10. The van der Waals surface area contributed by atoms with E-state index < -0.39 is 40.4 Å². The molecule has 1 heterocycles. The predicted octanol–water partition coefficient (Wildman–Crippen LogP) is 3.26. The fourth-order valence-electron chi connectivity index (χ4n) is 3.76. The summed E-state index contributed by atoms with van der Waals surface area (Å²) in [4.78, 5) is 35.8. The van der Waals surface area contributed by atoms with E-state index in [1.807, 2.05) is 0 Å². The van der Waals surface area contributed by atoms with Crippen molar-refractivity contribution < 1.29 is 19.8 Å². The van der Waals surface area contributed by atoms with Crippen molar-refractivity contribution in [3.05, 3.63) is 69.7 Å². The van der Waals surface area contributed by atoms with E-state index in [1.54, 1.807) is 50.3 Å². The van der Waals surface area contributed by atoms with Gasteiger partial charge in [-0.15, -0.1) is 11.6 Å². The number of aromatic nitrogens is 1. The highest BCUT2D eigenvalue weighted by molar-refractivity contribution is 6.34. The molecule has 0 saturated carbocycles. The second-order valence-electron chi connectivity index (χ2n) is 8.40. The number of anilines is 2. The largest absolute Gasteiger partial charge is 0.505 e. The Labute approximate surface area is 217 Å². The molecule has 0 aliphatic heterocycles. The minimum atomic E-state index is -1.25. The number of urea groups is 1. The average Bonchev–Trinajstić information content (AvgIpc) is 2.80. The number of benzene rings is 1. The SMILES string of the molecule is CCn1cc(C)c(O)c(NC(=O)NC(CC(=O)O)c2cc(C3=CC(Cl)C(N)(Cl)C=C3)ccc2N)c1=O. The van der Waals surface area contributed by atoms with Crippen LogP contribution in [0.3, 0.4) is 0 Å². The minimum Gasteiger partial charge on any atom is -0.505 e. The molecular formula is C24H27Cl2N5O5. The lowest BCUT2D eigenvalue weighted by Gasteiger charge is -2.26. The van der Waals surface area contributed by atoms with Crippen molar-refractivity contribution in [3.8, 4) is 5.75 Å². The third kappa shape index (κ3) is 5.84. The number of nitrogens with two attached hydrogens (primary N) is 2. The number of amides is 2. The molecule has 0 spiro atoms. The maximum atomic E-state index is 12.8. The van der Waals surface area contributed by atoms with Gasteiger partial charge < -0.3 is 36.9 Å². The molecular weight excluding hydrogens is 509 g/mol. The van der Waals surface area contributed by atoms with Crippen LogP contribution in [0.1, 0.15) is 36.1 Å². The zero-order valence-corrected chi connectivity index (χ0v) is 21.1. The molecule has 1 aromatic carbocycles. The molecule has 10 nitrogen and oxygen atoms in total. The fraction of sp³-hybridized carbons (Fsp3) is 0.292. The first-order valence-electron chi connectivity index (χ1n) is 11.0. The summed E-state index contributed by atoms with van der Waals surface area (Å²) in [6.07, 6.45) is 5.87. The molecule has 3 unspecified atom stereocenters. The summed E-state index contributed by atoms with van der Waals surface area (Å²) in [6.45, 7) is 3.65. The highest BCUT2D eigenvalue weighted by Gasteiger charge is 2.30. The van der Waals surface area contributed by atoms with E-state index in [4.69, 9.17) is 34.7 Å². The van der Waals surface area contributed by atoms with E-state index in [1.165, 1.54) is 10.8 Å². The molecule has 8 N–H and O–H groups in total. The van der Waals surface area contributed by atoms with Gasteiger partial charge in [-0.1, -0.05) is 29.8 Å². The molecule has 0 fully saturated rings. The second kappa shape index (κ2) is 10.7. The highest BCUT2D eigenvalue weighted by atomic mass is 35.5. The first-order chi connectivity index (χ1) is 16.8. The maximum Gasteiger partial charge on any atom is 0.319 e. The van der Waals surface area contributed by atoms with Gasteiger partial charge in [0.15, 0.2) is 5.69 Å². The normalized spacial score (nSPS) is 19.9. The van der Waals surface area contributed by atoms with Gasteiger partial charge in [0.1, 0.15) is 10.7 Å². The van der Waals surface area contributed by atoms with Crippen LogP contribution in [0.4, 0.5) is 16.2 Å². The number of carbonyl (C=O) groups excluding carboxylic acids is 1. The molecule has 3 rings (SSSR count). The Morgan fingerprint density at radius 3 is 2.64 bits per heavy atom. The minimum absolute atomic E-state index is 0.241. The van der Waals surface area contributed by atoms with E-state index >= 15 is 0 Å². The van der Waals surface area contributed by atoms with Gasteiger partial charge in [0.25, 0.3) is 5.56 Å². The molecule has 36 heavy (non-hydrogen) atoms. The summed E-state index contributed by atoms with van der Waals surface area (Å²) in [5, 5.41) is 24.0. The van der Waals surface area contributed by atoms with Crippen molar-refractivity contribution in [1.82, 2.24) is 9.88 Å². The Morgan fingerprint density at radius 2 is 2.03 bits per heavy atom. The number of nitrogens with zero attached hydrogens (tertiary/aromatic N) is 1. The van der Waals surface area contributed by atoms with Crippen molar-refractivity contribution in [2.24, 2.45) is 5.73 Å². The van der Waals surface area contributed by atoms with Crippen molar-refractivity contribution in [3.63, 3.8) is 0 Å². The molecule has 1 aliphatic rings. The Hall–Kier alpha value is -3.47. The van der Waals surface area contributed by atoms with Crippen LogP contribution < -0.4 is 27.7 Å². The molecule has 192 valence electrons. The van der Waals surface area contributed by atoms with Gasteiger partial charge in [-0.05, 0) is 48.8 Å². The molecule has 1 aromatic heterocycles. The monoisotopic (exact) mass is 535 g/mol. The van der Waals surface area contributed by atoms with Gasteiger partial charge >= 0.3 is 12.0 Å². The lowest BCUT2D eigenvalue weighted by atomic mass is 9.92. The van der Waals surface area contributed by atoms with Gasteiger partial charge in [-0.2, -0.15) is 0 Å². The zero-order valence-electron chi connectivity index (χ0n) is 19.6. The van der Waals surface area contributed by atoms with Crippen LogP contribution in [0, 0.1) is 6.92 Å². The predicted molar refractivity (Wildman–Crippen MR) is 140 cm³/mol. The first kappa shape index (κ1) is 27.1. The number of hydrogen-bond acceptors (Lipinski definition) is 6. The highest BCUT2D eigenvalue weighted by Crippen LogP contribution is 2.34. The van der Waals surface area contributed by atoms with E-state index in [0.29, 0.717) is 28.8 Å². The number of aryl methyl sites for hydroxylation is 2. The summed E-state index contributed by atoms with van der Waals surface area (Å²) in [5.74, 6) is -1.57. The number of nitrogen functional groups attached to an aromatic ring is 1. The van der Waals surface area contributed by atoms with E-state index in [-0.39, 0.29) is 17.1 Å². The van der Waals surface area contributed by atoms with Crippen LogP contribution in [0.25, 0.3) is 5.57 Å². The number of hydrogen-bond donors (Lipinski definition) is 6. The summed E-state index contributed by atoms with van der Waals surface area (Å²) in [7, 11) is 0. The van der Waals surface area contributed by atoms with Crippen molar-refractivity contribution in [1.29, 1.82) is 0 Å². The molecule has 1 aliphatic carbocycles. The van der Waals surface area contributed by atoms with Gasteiger partial charge in [0.2, 0.25) is 0 Å². The Morgan fingerprint density at radius 1 is 1.33 bits per heavy atom. The van der Waals surface area contributed by atoms with Crippen LogP contribution in [0.2, 0.25) is 0 Å². The van der Waals surface area contributed by atoms with Gasteiger partial charge in [0, 0.05) is 24.0 Å². The number of halogens is 2. The number of aliphatic carboxylic acids is 1. The summed E-state index contributed by atoms with van der Waals surface area (Å²) in [5.41, 5.74) is 13.4. The first-order valence-corrected chi connectivity index (χ1v) is 11.8. The number of nitrogens with one attached hydrogen (secondary N) is 2. The van der Waals surface area contributed by atoms with Crippen LogP contribution in [-0.4, -0.2) is 37.2 Å². The molecule has 2 aromatic rings. The molecule has 0 bridgehead atoms. The van der Waals surface area contributed by atoms with Crippen molar-refractivity contribution >= 4 is 52.2 Å². The average molecular weight is 536 g/mol. The second-order valence-corrected chi connectivity index (χ2v) is 9.53. The Bertz CT molecular complexity index is 1320. The van der Waals surface area contributed by atoms with Crippen LogP contribution in [0.5, 0.6) is 5.75 Å². The summed E-state index contributed by atoms with van der Waals surface area (Å²) in [6, 6.07) is 2.97. The number of allylic oxidation sites excluding steroid dienone is 2. The molecule has 12 heteroatoms. The number of aromatic hydroxyl groups is 1. The topological polar surface area (TPSA) is 173 Å².